The maximum absolute atomic E-state index is 12.1. The van der Waals surface area contributed by atoms with Gasteiger partial charge < -0.3 is 10.6 Å². The Bertz CT molecular complexity index is 582. The molecule has 0 saturated heterocycles. The molecule has 0 aliphatic heterocycles. The van der Waals surface area contributed by atoms with Crippen molar-refractivity contribution in [3.05, 3.63) is 53.9 Å². The minimum atomic E-state index is -0.122. The first-order valence-electron chi connectivity index (χ1n) is 6.76. The molecule has 0 bridgehead atoms. The van der Waals surface area contributed by atoms with Crippen LogP contribution in [0.25, 0.3) is 0 Å². The summed E-state index contributed by atoms with van der Waals surface area (Å²) in [6.07, 6.45) is 4.37. The summed E-state index contributed by atoms with van der Waals surface area (Å²) in [6.45, 7) is 5.05. The lowest BCUT2D eigenvalue weighted by Crippen LogP contribution is -2.12. The Labute approximate surface area is 119 Å². The number of nitrogens with one attached hydrogen (secondary N) is 2. The van der Waals surface area contributed by atoms with Crippen molar-refractivity contribution < 1.29 is 4.79 Å². The normalized spacial score (nSPS) is 10.1. The number of anilines is 2. The highest BCUT2D eigenvalue weighted by Crippen LogP contribution is 2.17. The van der Waals surface area contributed by atoms with Gasteiger partial charge >= 0.3 is 0 Å². The monoisotopic (exact) mass is 269 g/mol. The molecule has 0 saturated carbocycles. The summed E-state index contributed by atoms with van der Waals surface area (Å²) in [5.74, 6) is -0.122. The number of aromatic nitrogens is 1. The van der Waals surface area contributed by atoms with Crippen LogP contribution in [0.1, 0.15) is 29.3 Å². The zero-order valence-electron chi connectivity index (χ0n) is 11.8. The molecule has 1 aromatic heterocycles. The maximum atomic E-state index is 12.1. The summed E-state index contributed by atoms with van der Waals surface area (Å²) in [5, 5.41) is 6.16. The fourth-order valence-corrected chi connectivity index (χ4v) is 1.90. The van der Waals surface area contributed by atoms with Gasteiger partial charge in [-0.05, 0) is 49.2 Å². The number of pyridine rings is 1. The van der Waals surface area contributed by atoms with Crippen molar-refractivity contribution in [2.24, 2.45) is 0 Å². The fourth-order valence-electron chi connectivity index (χ4n) is 1.90. The van der Waals surface area contributed by atoms with Crippen molar-refractivity contribution in [2.45, 2.75) is 20.3 Å². The average molecular weight is 269 g/mol. The van der Waals surface area contributed by atoms with Gasteiger partial charge in [-0.25, -0.2) is 0 Å². The minimum Gasteiger partial charge on any atom is -0.385 e. The molecule has 0 radical (unpaired) electrons. The first kappa shape index (κ1) is 14.1. The molecule has 1 aromatic carbocycles. The van der Waals surface area contributed by atoms with E-state index in [9.17, 15) is 4.79 Å². The highest BCUT2D eigenvalue weighted by molar-refractivity contribution is 6.04. The van der Waals surface area contributed by atoms with Crippen molar-refractivity contribution in [3.63, 3.8) is 0 Å². The molecule has 104 valence electrons. The third kappa shape index (κ3) is 3.57. The highest BCUT2D eigenvalue weighted by atomic mass is 16.1. The molecule has 20 heavy (non-hydrogen) atoms. The number of rotatable bonds is 5. The Balaban J connectivity index is 2.09. The van der Waals surface area contributed by atoms with E-state index in [-0.39, 0.29) is 5.91 Å². The van der Waals surface area contributed by atoms with Gasteiger partial charge in [-0.15, -0.1) is 0 Å². The molecule has 0 spiro atoms. The van der Waals surface area contributed by atoms with E-state index in [1.807, 2.05) is 31.2 Å². The Morgan fingerprint density at radius 2 is 2.15 bits per heavy atom. The van der Waals surface area contributed by atoms with Crippen molar-refractivity contribution in [1.82, 2.24) is 4.98 Å². The molecular formula is C16H19N3O. The van der Waals surface area contributed by atoms with E-state index in [0.29, 0.717) is 11.3 Å². The number of amides is 1. The third-order valence-electron chi connectivity index (χ3n) is 2.97. The van der Waals surface area contributed by atoms with Crippen LogP contribution in [0.4, 0.5) is 11.4 Å². The highest BCUT2D eigenvalue weighted by Gasteiger charge is 2.08. The van der Waals surface area contributed by atoms with E-state index in [4.69, 9.17) is 0 Å². The van der Waals surface area contributed by atoms with Gasteiger partial charge in [0.05, 0.1) is 11.9 Å². The Kier molecular flexibility index (Phi) is 4.71. The lowest BCUT2D eigenvalue weighted by molar-refractivity contribution is 0.102. The molecule has 1 amide bonds. The summed E-state index contributed by atoms with van der Waals surface area (Å²) in [5.41, 5.74) is 3.49. The van der Waals surface area contributed by atoms with Gasteiger partial charge in [0.1, 0.15) is 0 Å². The number of carbonyl (C=O) groups excluding carboxylic acids is 1. The van der Waals surface area contributed by atoms with Crippen molar-refractivity contribution >= 4 is 17.3 Å². The number of carbonyl (C=O) groups is 1. The zero-order valence-corrected chi connectivity index (χ0v) is 11.8. The lowest BCUT2D eigenvalue weighted by Gasteiger charge is -2.10. The number of hydrogen-bond acceptors (Lipinski definition) is 3. The first-order chi connectivity index (χ1) is 9.70. The molecule has 2 rings (SSSR count). The van der Waals surface area contributed by atoms with E-state index in [2.05, 4.69) is 22.5 Å². The Morgan fingerprint density at radius 1 is 1.30 bits per heavy atom. The van der Waals surface area contributed by atoms with Crippen LogP contribution in [0.15, 0.2) is 42.7 Å². The second-order valence-corrected chi connectivity index (χ2v) is 4.65. The number of aryl methyl sites for hydroxylation is 1. The van der Waals surface area contributed by atoms with Gasteiger partial charge in [0.25, 0.3) is 5.91 Å². The molecule has 1 heterocycles. The Morgan fingerprint density at radius 3 is 2.80 bits per heavy atom. The van der Waals surface area contributed by atoms with Gasteiger partial charge in [-0.1, -0.05) is 6.92 Å². The molecular weight excluding hydrogens is 250 g/mol. The van der Waals surface area contributed by atoms with Crippen LogP contribution in [0.5, 0.6) is 0 Å². The topological polar surface area (TPSA) is 54.0 Å². The van der Waals surface area contributed by atoms with Crippen molar-refractivity contribution in [3.8, 4) is 0 Å². The summed E-state index contributed by atoms with van der Waals surface area (Å²) in [4.78, 5) is 16.1. The SMILES string of the molecule is CCCNc1ccc(C(=O)Nc2cccnc2)cc1C. The predicted octanol–water partition coefficient (Wildman–Crippen LogP) is 3.46. The van der Waals surface area contributed by atoms with Crippen molar-refractivity contribution in [1.29, 1.82) is 0 Å². The Hall–Kier alpha value is -2.36. The molecule has 0 aliphatic carbocycles. The van der Waals surface area contributed by atoms with Crippen molar-refractivity contribution in [2.75, 3.05) is 17.2 Å². The van der Waals surface area contributed by atoms with Crippen LogP contribution < -0.4 is 10.6 Å². The zero-order chi connectivity index (χ0) is 14.4. The number of nitrogens with zero attached hydrogens (tertiary/aromatic N) is 1. The molecule has 2 aromatic rings. The quantitative estimate of drug-likeness (QED) is 0.874. The van der Waals surface area contributed by atoms with Gasteiger partial charge in [-0.2, -0.15) is 0 Å². The lowest BCUT2D eigenvalue weighted by atomic mass is 10.1. The number of benzene rings is 1. The third-order valence-corrected chi connectivity index (χ3v) is 2.97. The second kappa shape index (κ2) is 6.70. The summed E-state index contributed by atoms with van der Waals surface area (Å²) in [7, 11) is 0. The van der Waals surface area contributed by atoms with E-state index in [1.54, 1.807) is 18.5 Å². The van der Waals surface area contributed by atoms with Gasteiger partial charge in [0.15, 0.2) is 0 Å². The first-order valence-corrected chi connectivity index (χ1v) is 6.76. The molecule has 0 atom stereocenters. The predicted molar refractivity (Wildman–Crippen MR) is 82.1 cm³/mol. The fraction of sp³-hybridized carbons (Fsp3) is 0.250. The molecule has 2 N–H and O–H groups in total. The smallest absolute Gasteiger partial charge is 0.255 e. The largest absolute Gasteiger partial charge is 0.385 e. The molecule has 4 nitrogen and oxygen atoms in total. The van der Waals surface area contributed by atoms with E-state index < -0.39 is 0 Å². The van der Waals surface area contributed by atoms with Gasteiger partial charge in [0.2, 0.25) is 0 Å². The van der Waals surface area contributed by atoms with Crippen LogP contribution in [0.2, 0.25) is 0 Å². The molecule has 0 aliphatic rings. The maximum Gasteiger partial charge on any atom is 0.255 e. The second-order valence-electron chi connectivity index (χ2n) is 4.65. The van der Waals surface area contributed by atoms with Crippen LogP contribution >= 0.6 is 0 Å². The number of hydrogen-bond donors (Lipinski definition) is 2. The molecule has 0 unspecified atom stereocenters. The summed E-state index contributed by atoms with van der Waals surface area (Å²) >= 11 is 0. The molecule has 0 fully saturated rings. The summed E-state index contributed by atoms with van der Waals surface area (Å²) in [6, 6.07) is 9.27. The van der Waals surface area contributed by atoms with Crippen LogP contribution in [-0.4, -0.2) is 17.4 Å². The van der Waals surface area contributed by atoms with Crippen LogP contribution in [0.3, 0.4) is 0 Å². The minimum absolute atomic E-state index is 0.122. The standard InChI is InChI=1S/C16H19N3O/c1-3-8-18-15-7-6-13(10-12(15)2)16(20)19-14-5-4-9-17-11-14/h4-7,9-11,18H,3,8H2,1-2H3,(H,19,20). The average Bonchev–Trinajstić information content (AvgIpc) is 2.47. The summed E-state index contributed by atoms with van der Waals surface area (Å²) < 4.78 is 0. The van der Waals surface area contributed by atoms with Gasteiger partial charge in [0, 0.05) is 24.0 Å². The van der Waals surface area contributed by atoms with E-state index >= 15 is 0 Å². The van der Waals surface area contributed by atoms with Gasteiger partial charge in [-0.3, -0.25) is 9.78 Å². The van der Waals surface area contributed by atoms with E-state index in [0.717, 1.165) is 24.2 Å². The van der Waals surface area contributed by atoms with Crippen LogP contribution in [0, 0.1) is 6.92 Å². The van der Waals surface area contributed by atoms with E-state index in [1.165, 1.54) is 0 Å². The molecule has 4 heteroatoms. The van der Waals surface area contributed by atoms with Crippen LogP contribution in [-0.2, 0) is 0 Å².